The number of hydrogen-bond donors (Lipinski definition) is 1. The van der Waals surface area contributed by atoms with Crippen molar-refractivity contribution in [1.82, 2.24) is 0 Å². The number of nitrogens with two attached hydrogens (primary N) is 1. The summed E-state index contributed by atoms with van der Waals surface area (Å²) in [6.07, 6.45) is 8.00. The van der Waals surface area contributed by atoms with Gasteiger partial charge in [0.1, 0.15) is 0 Å². The second-order valence-electron chi connectivity index (χ2n) is 4.14. The second-order valence-corrected chi connectivity index (χ2v) is 4.49. The number of hydrogen-bond acceptors (Lipinski definition) is 2. The molecule has 0 radical (unpaired) electrons. The van der Waals surface area contributed by atoms with Crippen LogP contribution in [-0.2, 0) is 0 Å². The molecule has 1 atom stereocenters. The van der Waals surface area contributed by atoms with Crippen LogP contribution in [-0.4, -0.2) is 0 Å². The van der Waals surface area contributed by atoms with Crippen molar-refractivity contribution in [3.63, 3.8) is 0 Å². The molecule has 0 aromatic carbocycles. The highest BCUT2D eigenvalue weighted by Gasteiger charge is 2.21. The van der Waals surface area contributed by atoms with Crippen LogP contribution in [0, 0.1) is 5.92 Å². The number of halogens is 1. The van der Waals surface area contributed by atoms with E-state index in [1.807, 2.05) is 6.07 Å². The van der Waals surface area contributed by atoms with E-state index < -0.39 is 0 Å². The number of rotatable bonds is 3. The minimum Gasteiger partial charge on any atom is -0.453 e. The standard InChI is InChI=1S/C11H16ClNO/c12-11-9(5-6-14-11)10(13)7-8-3-1-2-4-8/h5-6,8,10H,1-4,7,13H2. The maximum atomic E-state index is 6.08. The molecule has 0 aliphatic heterocycles. The van der Waals surface area contributed by atoms with E-state index in [9.17, 15) is 0 Å². The molecule has 1 aromatic heterocycles. The van der Waals surface area contributed by atoms with E-state index in [1.165, 1.54) is 25.7 Å². The largest absolute Gasteiger partial charge is 0.453 e. The predicted octanol–water partition coefficient (Wildman–Crippen LogP) is 3.51. The van der Waals surface area contributed by atoms with Gasteiger partial charge in [0.05, 0.1) is 6.26 Å². The van der Waals surface area contributed by atoms with E-state index in [0.29, 0.717) is 5.22 Å². The van der Waals surface area contributed by atoms with Gasteiger partial charge in [0.15, 0.2) is 5.22 Å². The predicted molar refractivity (Wildman–Crippen MR) is 57.2 cm³/mol. The first kappa shape index (κ1) is 10.1. The molecule has 1 saturated carbocycles. The van der Waals surface area contributed by atoms with Crippen molar-refractivity contribution in [1.29, 1.82) is 0 Å². The molecule has 14 heavy (non-hydrogen) atoms. The third-order valence-electron chi connectivity index (χ3n) is 3.11. The maximum Gasteiger partial charge on any atom is 0.197 e. The lowest BCUT2D eigenvalue weighted by Crippen LogP contribution is -2.13. The fraction of sp³-hybridized carbons (Fsp3) is 0.636. The van der Waals surface area contributed by atoms with E-state index in [-0.39, 0.29) is 6.04 Å². The minimum atomic E-state index is 0.0457. The van der Waals surface area contributed by atoms with E-state index in [2.05, 4.69) is 0 Å². The molecular formula is C11H16ClNO. The smallest absolute Gasteiger partial charge is 0.197 e. The zero-order chi connectivity index (χ0) is 9.97. The van der Waals surface area contributed by atoms with Crippen molar-refractivity contribution in [3.8, 4) is 0 Å². The van der Waals surface area contributed by atoms with Crippen LogP contribution >= 0.6 is 11.6 Å². The molecule has 2 rings (SSSR count). The molecule has 1 aromatic rings. The monoisotopic (exact) mass is 213 g/mol. The van der Waals surface area contributed by atoms with Crippen molar-refractivity contribution in [2.24, 2.45) is 11.7 Å². The molecule has 3 heteroatoms. The Morgan fingerprint density at radius 2 is 2.21 bits per heavy atom. The van der Waals surface area contributed by atoms with Crippen LogP contribution in [0.4, 0.5) is 0 Å². The first-order valence-electron chi connectivity index (χ1n) is 5.26. The molecule has 0 spiro atoms. The highest BCUT2D eigenvalue weighted by Crippen LogP contribution is 2.34. The van der Waals surface area contributed by atoms with Gasteiger partial charge in [0, 0.05) is 11.6 Å². The highest BCUT2D eigenvalue weighted by molar-refractivity contribution is 6.29. The lowest BCUT2D eigenvalue weighted by atomic mass is 9.96. The van der Waals surface area contributed by atoms with Gasteiger partial charge in [0.2, 0.25) is 0 Å². The summed E-state index contributed by atoms with van der Waals surface area (Å²) in [5, 5.41) is 0.454. The normalized spacial score (nSPS) is 20.1. The molecule has 0 bridgehead atoms. The Morgan fingerprint density at radius 3 is 2.79 bits per heavy atom. The first-order chi connectivity index (χ1) is 6.77. The summed E-state index contributed by atoms with van der Waals surface area (Å²) >= 11 is 5.87. The lowest BCUT2D eigenvalue weighted by molar-refractivity contribution is 0.447. The van der Waals surface area contributed by atoms with E-state index in [1.54, 1.807) is 6.26 Å². The quantitative estimate of drug-likeness (QED) is 0.835. The Bertz CT molecular complexity index is 291. The maximum absolute atomic E-state index is 6.08. The van der Waals surface area contributed by atoms with Gasteiger partial charge < -0.3 is 10.2 Å². The van der Waals surface area contributed by atoms with Gasteiger partial charge >= 0.3 is 0 Å². The minimum absolute atomic E-state index is 0.0457. The summed E-state index contributed by atoms with van der Waals surface area (Å²) in [4.78, 5) is 0. The van der Waals surface area contributed by atoms with Crippen LogP contribution in [0.3, 0.4) is 0 Å². The van der Waals surface area contributed by atoms with Crippen LogP contribution in [0.1, 0.15) is 43.7 Å². The third kappa shape index (κ3) is 2.12. The van der Waals surface area contributed by atoms with Gasteiger partial charge in [-0.3, -0.25) is 0 Å². The average Bonchev–Trinajstić information content (AvgIpc) is 2.75. The summed E-state index contributed by atoms with van der Waals surface area (Å²) < 4.78 is 5.04. The summed E-state index contributed by atoms with van der Waals surface area (Å²) in [6.45, 7) is 0. The van der Waals surface area contributed by atoms with E-state index in [4.69, 9.17) is 21.8 Å². The van der Waals surface area contributed by atoms with Crippen molar-refractivity contribution in [2.45, 2.75) is 38.1 Å². The fourth-order valence-electron chi connectivity index (χ4n) is 2.30. The topological polar surface area (TPSA) is 39.2 Å². The fourth-order valence-corrected chi connectivity index (χ4v) is 2.56. The van der Waals surface area contributed by atoms with Crippen molar-refractivity contribution < 1.29 is 4.42 Å². The van der Waals surface area contributed by atoms with Gasteiger partial charge in [-0.2, -0.15) is 0 Å². The summed E-state index contributed by atoms with van der Waals surface area (Å²) in [5.41, 5.74) is 7.03. The Morgan fingerprint density at radius 1 is 1.50 bits per heavy atom. The molecular weight excluding hydrogens is 198 g/mol. The van der Waals surface area contributed by atoms with Crippen LogP contribution in [0.15, 0.2) is 16.7 Å². The molecule has 1 aliphatic rings. The summed E-state index contributed by atoms with van der Waals surface area (Å²) in [5.74, 6) is 0.788. The summed E-state index contributed by atoms with van der Waals surface area (Å²) in [7, 11) is 0. The zero-order valence-corrected chi connectivity index (χ0v) is 8.96. The van der Waals surface area contributed by atoms with Crippen LogP contribution in [0.25, 0.3) is 0 Å². The van der Waals surface area contributed by atoms with Crippen LogP contribution in [0.5, 0.6) is 0 Å². The van der Waals surface area contributed by atoms with Crippen molar-refractivity contribution >= 4 is 11.6 Å². The third-order valence-corrected chi connectivity index (χ3v) is 3.41. The van der Waals surface area contributed by atoms with Crippen molar-refractivity contribution in [2.75, 3.05) is 0 Å². The molecule has 1 heterocycles. The Hall–Kier alpha value is -0.470. The summed E-state index contributed by atoms with van der Waals surface area (Å²) in [6, 6.07) is 1.92. The Labute approximate surface area is 89.4 Å². The van der Waals surface area contributed by atoms with Gasteiger partial charge in [-0.15, -0.1) is 0 Å². The van der Waals surface area contributed by atoms with Gasteiger partial charge in [-0.05, 0) is 30.0 Å². The molecule has 1 fully saturated rings. The molecule has 2 N–H and O–H groups in total. The molecule has 78 valence electrons. The van der Waals surface area contributed by atoms with E-state index in [0.717, 1.165) is 17.9 Å². The number of furan rings is 1. The Kier molecular flexibility index (Phi) is 3.14. The van der Waals surface area contributed by atoms with E-state index >= 15 is 0 Å². The zero-order valence-electron chi connectivity index (χ0n) is 8.21. The highest BCUT2D eigenvalue weighted by atomic mass is 35.5. The Balaban J connectivity index is 1.95. The molecule has 0 saturated heterocycles. The lowest BCUT2D eigenvalue weighted by Gasteiger charge is -2.14. The van der Waals surface area contributed by atoms with Crippen molar-refractivity contribution in [3.05, 3.63) is 23.1 Å². The molecule has 1 unspecified atom stereocenters. The van der Waals surface area contributed by atoms with Crippen LogP contribution < -0.4 is 5.73 Å². The van der Waals surface area contributed by atoms with Gasteiger partial charge in [0.25, 0.3) is 0 Å². The second kappa shape index (κ2) is 4.37. The SMILES string of the molecule is NC(CC1CCCC1)c1ccoc1Cl. The molecule has 2 nitrogen and oxygen atoms in total. The average molecular weight is 214 g/mol. The molecule has 0 amide bonds. The van der Waals surface area contributed by atoms with Gasteiger partial charge in [-0.1, -0.05) is 25.7 Å². The van der Waals surface area contributed by atoms with Crippen LogP contribution in [0.2, 0.25) is 5.22 Å². The van der Waals surface area contributed by atoms with Gasteiger partial charge in [-0.25, -0.2) is 0 Å². The first-order valence-corrected chi connectivity index (χ1v) is 5.63. The molecule has 1 aliphatic carbocycles.